The number of aryl methyl sites for hydroxylation is 3. The zero-order chi connectivity index (χ0) is 33.3. The van der Waals surface area contributed by atoms with E-state index in [2.05, 4.69) is 6.92 Å². The second-order valence-corrected chi connectivity index (χ2v) is 16.1. The van der Waals surface area contributed by atoms with Crippen molar-refractivity contribution in [1.29, 1.82) is 0 Å². The van der Waals surface area contributed by atoms with Crippen LogP contribution in [0, 0.1) is 13.8 Å². The van der Waals surface area contributed by atoms with Crippen LogP contribution in [-0.2, 0) is 31.2 Å². The molecule has 1 saturated heterocycles. The van der Waals surface area contributed by atoms with Crippen molar-refractivity contribution in [2.24, 2.45) is 0 Å². The fourth-order valence-corrected chi connectivity index (χ4v) is 10.2. The van der Waals surface area contributed by atoms with Crippen molar-refractivity contribution in [2.45, 2.75) is 74.9 Å². The summed E-state index contributed by atoms with van der Waals surface area (Å²) >= 11 is 0. The Kier molecular flexibility index (Phi) is 9.45. The zero-order valence-corrected chi connectivity index (χ0v) is 29.0. The molecule has 0 unspecified atom stereocenters. The molecule has 4 aromatic carbocycles. The van der Waals surface area contributed by atoms with Crippen LogP contribution in [-0.4, -0.2) is 44.6 Å². The van der Waals surface area contributed by atoms with E-state index in [-0.39, 0.29) is 22.8 Å². The average molecular weight is 671 g/mol. The Morgan fingerprint density at radius 2 is 1.21 bits per heavy atom. The second kappa shape index (κ2) is 13.4. The van der Waals surface area contributed by atoms with Gasteiger partial charge < -0.3 is 4.74 Å². The Hall–Kier alpha value is -3.76. The van der Waals surface area contributed by atoms with Crippen molar-refractivity contribution < 1.29 is 21.6 Å². The van der Waals surface area contributed by atoms with Crippen LogP contribution in [0.15, 0.2) is 124 Å². The number of fused-ring (bicyclic) bond motifs is 1. The molecular formula is C38H42N2O5S2. The molecular weight excluding hydrogens is 629 g/mol. The lowest BCUT2D eigenvalue weighted by Crippen LogP contribution is -2.54. The van der Waals surface area contributed by atoms with Gasteiger partial charge in [0.15, 0.2) is 0 Å². The standard InChI is InChI=1S/C38H42N2O5S2/c1-5-29-16-18-31(19-17-29)35-24-37-34(26-39(35)46(41,42)32-20-12-27(3)13-21-32)38(45-6-2)25-36(30-10-8-7-9-11-30)40(37)47(43,44)33-22-14-28(4)15-23-33/h7-23,35-37H,5-6,24-26H2,1-4H3/t35-,36-,37-/m0/s1. The smallest absolute Gasteiger partial charge is 0.244 e. The number of nitrogens with zero attached hydrogens (tertiary/aromatic N) is 2. The van der Waals surface area contributed by atoms with E-state index in [4.69, 9.17) is 4.74 Å². The first-order chi connectivity index (χ1) is 22.5. The third-order valence-corrected chi connectivity index (χ3v) is 13.2. The lowest BCUT2D eigenvalue weighted by molar-refractivity contribution is 0.118. The predicted molar refractivity (Wildman–Crippen MR) is 185 cm³/mol. The zero-order valence-electron chi connectivity index (χ0n) is 27.3. The van der Waals surface area contributed by atoms with Gasteiger partial charge in [-0.2, -0.15) is 8.61 Å². The summed E-state index contributed by atoms with van der Waals surface area (Å²) in [7, 11) is -8.02. The largest absolute Gasteiger partial charge is 0.498 e. The number of rotatable bonds is 9. The maximum atomic E-state index is 14.8. The first-order valence-electron chi connectivity index (χ1n) is 16.2. The van der Waals surface area contributed by atoms with Gasteiger partial charge >= 0.3 is 0 Å². The van der Waals surface area contributed by atoms with Gasteiger partial charge in [-0.15, -0.1) is 0 Å². The van der Waals surface area contributed by atoms with E-state index in [0.29, 0.717) is 24.4 Å². The molecule has 4 aromatic rings. The van der Waals surface area contributed by atoms with Crippen LogP contribution in [0.2, 0.25) is 0 Å². The summed E-state index contributed by atoms with van der Waals surface area (Å²) in [5.41, 5.74) is 5.44. The maximum absolute atomic E-state index is 14.8. The van der Waals surface area contributed by atoms with Crippen LogP contribution in [0.4, 0.5) is 0 Å². The van der Waals surface area contributed by atoms with Crippen molar-refractivity contribution in [2.75, 3.05) is 13.2 Å². The molecule has 0 bridgehead atoms. The first-order valence-corrected chi connectivity index (χ1v) is 19.1. The van der Waals surface area contributed by atoms with Crippen LogP contribution in [0.3, 0.4) is 0 Å². The van der Waals surface area contributed by atoms with Crippen LogP contribution in [0.25, 0.3) is 0 Å². The molecule has 2 heterocycles. The lowest BCUT2D eigenvalue weighted by Gasteiger charge is -2.49. The predicted octanol–water partition coefficient (Wildman–Crippen LogP) is 7.50. The molecule has 0 N–H and O–H groups in total. The van der Waals surface area contributed by atoms with Gasteiger partial charge in [-0.25, -0.2) is 16.8 Å². The average Bonchev–Trinajstić information content (AvgIpc) is 3.08. The van der Waals surface area contributed by atoms with Gasteiger partial charge in [-0.3, -0.25) is 0 Å². The highest BCUT2D eigenvalue weighted by Crippen LogP contribution is 2.49. The molecule has 2 aliphatic heterocycles. The third-order valence-electron chi connectivity index (χ3n) is 9.37. The molecule has 0 saturated carbocycles. The van der Waals surface area contributed by atoms with E-state index >= 15 is 0 Å². The van der Waals surface area contributed by atoms with Crippen molar-refractivity contribution in [1.82, 2.24) is 8.61 Å². The lowest BCUT2D eigenvalue weighted by atomic mass is 9.84. The Morgan fingerprint density at radius 1 is 0.660 bits per heavy atom. The van der Waals surface area contributed by atoms with Crippen LogP contribution in [0.1, 0.15) is 66.6 Å². The summed E-state index contributed by atoms with van der Waals surface area (Å²) in [6.07, 6.45) is 1.38. The Morgan fingerprint density at radius 3 is 1.77 bits per heavy atom. The van der Waals surface area contributed by atoms with Gasteiger partial charge in [-0.1, -0.05) is 96.9 Å². The summed E-state index contributed by atoms with van der Waals surface area (Å²) in [6, 6.07) is 29.7. The molecule has 6 rings (SSSR count). The fourth-order valence-electron chi connectivity index (χ4n) is 6.81. The molecule has 246 valence electrons. The van der Waals surface area contributed by atoms with E-state index in [1.54, 1.807) is 45.0 Å². The minimum atomic E-state index is -4.04. The molecule has 0 radical (unpaired) electrons. The minimum Gasteiger partial charge on any atom is -0.498 e. The molecule has 2 aliphatic rings. The fraction of sp³-hybridized carbons (Fsp3) is 0.316. The minimum absolute atomic E-state index is 0.0117. The number of piperidine rings is 1. The van der Waals surface area contributed by atoms with Crippen molar-refractivity contribution in [3.63, 3.8) is 0 Å². The van der Waals surface area contributed by atoms with Gasteiger partial charge in [-0.05, 0) is 74.6 Å². The third kappa shape index (κ3) is 6.42. The number of ether oxygens (including phenoxy) is 1. The van der Waals surface area contributed by atoms with E-state index < -0.39 is 38.2 Å². The van der Waals surface area contributed by atoms with Gasteiger partial charge in [0.05, 0.1) is 40.3 Å². The summed E-state index contributed by atoms with van der Waals surface area (Å²) in [6.45, 7) is 8.22. The molecule has 0 aromatic heterocycles. The summed E-state index contributed by atoms with van der Waals surface area (Å²) < 4.78 is 68.0. The number of hydrogen-bond donors (Lipinski definition) is 0. The van der Waals surface area contributed by atoms with Crippen molar-refractivity contribution in [3.05, 3.63) is 142 Å². The molecule has 9 heteroatoms. The molecule has 3 atom stereocenters. The van der Waals surface area contributed by atoms with Gasteiger partial charge in [0, 0.05) is 18.5 Å². The van der Waals surface area contributed by atoms with Crippen LogP contribution >= 0.6 is 0 Å². The first kappa shape index (κ1) is 33.2. The molecule has 47 heavy (non-hydrogen) atoms. The van der Waals surface area contributed by atoms with Gasteiger partial charge in [0.25, 0.3) is 0 Å². The van der Waals surface area contributed by atoms with E-state index in [1.807, 2.05) is 87.5 Å². The van der Waals surface area contributed by atoms with E-state index in [0.717, 1.165) is 34.2 Å². The molecule has 0 amide bonds. The summed E-state index contributed by atoms with van der Waals surface area (Å²) in [4.78, 5) is 0.416. The molecule has 7 nitrogen and oxygen atoms in total. The molecule has 1 fully saturated rings. The monoisotopic (exact) mass is 670 g/mol. The Labute approximate surface area is 279 Å². The normalized spacial score (nSPS) is 21.0. The van der Waals surface area contributed by atoms with Gasteiger partial charge in [0.1, 0.15) is 0 Å². The second-order valence-electron chi connectivity index (χ2n) is 12.4. The Balaban J connectivity index is 1.56. The quantitative estimate of drug-likeness (QED) is 0.184. The van der Waals surface area contributed by atoms with E-state index in [9.17, 15) is 16.8 Å². The number of hydrogen-bond acceptors (Lipinski definition) is 5. The van der Waals surface area contributed by atoms with Crippen molar-refractivity contribution >= 4 is 20.0 Å². The van der Waals surface area contributed by atoms with E-state index in [1.165, 1.54) is 0 Å². The highest BCUT2D eigenvalue weighted by Gasteiger charge is 2.51. The highest BCUT2D eigenvalue weighted by atomic mass is 32.2. The highest BCUT2D eigenvalue weighted by molar-refractivity contribution is 7.89. The molecule has 0 aliphatic carbocycles. The van der Waals surface area contributed by atoms with Crippen LogP contribution in [0.5, 0.6) is 0 Å². The van der Waals surface area contributed by atoms with Crippen molar-refractivity contribution in [3.8, 4) is 0 Å². The number of sulfonamides is 2. The summed E-state index contributed by atoms with van der Waals surface area (Å²) in [5.74, 6) is 0.658. The summed E-state index contributed by atoms with van der Waals surface area (Å²) in [5, 5.41) is 0. The number of benzene rings is 4. The van der Waals surface area contributed by atoms with Crippen LogP contribution < -0.4 is 0 Å². The topological polar surface area (TPSA) is 84.0 Å². The SMILES string of the molecule is CCOC1=C2CN(S(=O)(=O)c3ccc(C)cc3)[C@H](c3ccc(CC)cc3)C[C@@H]2N(S(=O)(=O)c2ccc(C)cc2)[C@H](c2ccccc2)C1. The molecule has 0 spiro atoms. The Bertz CT molecular complexity index is 1960. The maximum Gasteiger partial charge on any atom is 0.244 e. The van der Waals surface area contributed by atoms with Gasteiger partial charge in [0.2, 0.25) is 20.0 Å².